The van der Waals surface area contributed by atoms with Gasteiger partial charge < -0.3 is 10.6 Å². The van der Waals surface area contributed by atoms with Gasteiger partial charge in [0.2, 0.25) is 5.91 Å². The van der Waals surface area contributed by atoms with Crippen molar-refractivity contribution in [1.82, 2.24) is 14.9 Å². The van der Waals surface area contributed by atoms with E-state index in [4.69, 9.17) is 0 Å². The summed E-state index contributed by atoms with van der Waals surface area (Å²) in [5.41, 5.74) is 0. The fraction of sp³-hybridized carbons (Fsp3) is 0.667. The zero-order valence-electron chi connectivity index (χ0n) is 13.7. The molecule has 1 fully saturated rings. The summed E-state index contributed by atoms with van der Waals surface area (Å²) in [5.74, 6) is -0.0872. The minimum atomic E-state index is -3.40. The summed E-state index contributed by atoms with van der Waals surface area (Å²) >= 11 is 1.20. The lowest BCUT2D eigenvalue weighted by atomic mass is 10.2. The fourth-order valence-electron chi connectivity index (χ4n) is 2.41. The Balaban J connectivity index is 1.95. The second-order valence-electron chi connectivity index (χ2n) is 5.86. The van der Waals surface area contributed by atoms with Crippen LogP contribution in [0.15, 0.2) is 16.3 Å². The number of nitrogens with one attached hydrogen (secondary N) is 2. The van der Waals surface area contributed by atoms with Gasteiger partial charge in [0.1, 0.15) is 4.21 Å². The van der Waals surface area contributed by atoms with Gasteiger partial charge in [0.05, 0.1) is 6.42 Å². The molecule has 1 aliphatic heterocycles. The van der Waals surface area contributed by atoms with E-state index in [-0.39, 0.29) is 18.4 Å². The number of carbonyl (C=O) groups is 1. The van der Waals surface area contributed by atoms with Gasteiger partial charge in [0.15, 0.2) is 0 Å². The minimum absolute atomic E-state index is 0.0872. The molecule has 8 heteroatoms. The first-order chi connectivity index (χ1) is 10.9. The maximum Gasteiger partial charge on any atom is 0.252 e. The highest BCUT2D eigenvalue weighted by atomic mass is 32.2. The van der Waals surface area contributed by atoms with Crippen molar-refractivity contribution >= 4 is 27.3 Å². The highest BCUT2D eigenvalue weighted by molar-refractivity contribution is 7.91. The Kier molecular flexibility index (Phi) is 6.58. The number of amides is 1. The standard InChI is InChI=1S/C15H25N3O3S2/c1-12(16-2)11-17-14(19)10-13-6-7-15(22-13)23(20,21)18-8-4-3-5-9-18/h6-7,12,16H,3-5,8-11H2,1-2H3,(H,17,19). The van der Waals surface area contributed by atoms with Crippen LogP contribution < -0.4 is 10.6 Å². The Bertz CT molecular complexity index is 622. The number of hydrogen-bond acceptors (Lipinski definition) is 5. The highest BCUT2D eigenvalue weighted by Crippen LogP contribution is 2.27. The van der Waals surface area contributed by atoms with Crippen molar-refractivity contribution in [1.29, 1.82) is 0 Å². The molecule has 0 spiro atoms. The summed E-state index contributed by atoms with van der Waals surface area (Å²) in [6.45, 7) is 3.73. The molecule has 6 nitrogen and oxygen atoms in total. The Morgan fingerprint density at radius 3 is 2.65 bits per heavy atom. The Labute approximate surface area is 142 Å². The second kappa shape index (κ2) is 8.23. The normalized spacial score (nSPS) is 17.8. The Morgan fingerprint density at radius 2 is 2.00 bits per heavy atom. The lowest BCUT2D eigenvalue weighted by Crippen LogP contribution is -2.37. The van der Waals surface area contributed by atoms with Crippen molar-refractivity contribution in [3.05, 3.63) is 17.0 Å². The summed E-state index contributed by atoms with van der Waals surface area (Å²) in [4.78, 5) is 12.7. The molecule has 0 bridgehead atoms. The third-order valence-corrected chi connectivity index (χ3v) is 7.43. The van der Waals surface area contributed by atoms with E-state index < -0.39 is 10.0 Å². The lowest BCUT2D eigenvalue weighted by molar-refractivity contribution is -0.120. The van der Waals surface area contributed by atoms with Gasteiger partial charge >= 0.3 is 0 Å². The van der Waals surface area contributed by atoms with E-state index in [1.54, 1.807) is 16.4 Å². The summed E-state index contributed by atoms with van der Waals surface area (Å²) in [6, 6.07) is 3.56. The first kappa shape index (κ1) is 18.4. The van der Waals surface area contributed by atoms with Gasteiger partial charge in [-0.2, -0.15) is 4.31 Å². The molecule has 2 N–H and O–H groups in total. The topological polar surface area (TPSA) is 78.5 Å². The number of carbonyl (C=O) groups excluding carboxylic acids is 1. The van der Waals surface area contributed by atoms with Crippen molar-refractivity contribution < 1.29 is 13.2 Å². The Morgan fingerprint density at radius 1 is 1.30 bits per heavy atom. The van der Waals surface area contributed by atoms with E-state index in [9.17, 15) is 13.2 Å². The van der Waals surface area contributed by atoms with Gasteiger partial charge in [0.25, 0.3) is 10.0 Å². The predicted octanol–water partition coefficient (Wildman–Crippen LogP) is 1.19. The van der Waals surface area contributed by atoms with Crippen molar-refractivity contribution in [2.75, 3.05) is 26.7 Å². The number of nitrogens with zero attached hydrogens (tertiary/aromatic N) is 1. The molecular formula is C15H25N3O3S2. The largest absolute Gasteiger partial charge is 0.354 e. The van der Waals surface area contributed by atoms with Crippen molar-refractivity contribution in [2.24, 2.45) is 0 Å². The molecule has 1 atom stereocenters. The number of rotatable bonds is 7. The van der Waals surface area contributed by atoms with Crippen LogP contribution in [0.3, 0.4) is 0 Å². The van der Waals surface area contributed by atoms with Gasteiger partial charge in [-0.15, -0.1) is 11.3 Å². The van der Waals surface area contributed by atoms with Gasteiger partial charge in [-0.25, -0.2) is 8.42 Å². The second-order valence-corrected chi connectivity index (χ2v) is 9.19. The van der Waals surface area contributed by atoms with Crippen molar-refractivity contribution in [3.8, 4) is 0 Å². The molecule has 23 heavy (non-hydrogen) atoms. The van der Waals surface area contributed by atoms with Crippen LogP contribution >= 0.6 is 11.3 Å². The molecule has 2 heterocycles. The number of thiophene rings is 1. The minimum Gasteiger partial charge on any atom is -0.354 e. The van der Waals surface area contributed by atoms with E-state index in [1.807, 2.05) is 14.0 Å². The molecule has 1 amide bonds. The van der Waals surface area contributed by atoms with E-state index >= 15 is 0 Å². The summed E-state index contributed by atoms with van der Waals surface area (Å²) in [6.07, 6.45) is 3.15. The van der Waals surface area contributed by atoms with Gasteiger partial charge in [-0.1, -0.05) is 6.42 Å². The smallest absolute Gasteiger partial charge is 0.252 e. The van der Waals surface area contributed by atoms with Crippen LogP contribution in [-0.4, -0.2) is 51.4 Å². The summed E-state index contributed by atoms with van der Waals surface area (Å²) in [5, 5.41) is 5.89. The first-order valence-electron chi connectivity index (χ1n) is 7.96. The molecule has 0 radical (unpaired) electrons. The average molecular weight is 360 g/mol. The quantitative estimate of drug-likeness (QED) is 0.766. The molecule has 1 aliphatic rings. The number of likely N-dealkylation sites (N-methyl/N-ethyl adjacent to an activating group) is 1. The van der Waals surface area contributed by atoms with Gasteiger partial charge in [-0.05, 0) is 38.9 Å². The molecule has 0 aromatic carbocycles. The predicted molar refractivity (Wildman–Crippen MR) is 92.2 cm³/mol. The molecule has 0 aliphatic carbocycles. The van der Waals surface area contributed by atoms with Crippen LogP contribution in [0, 0.1) is 0 Å². The maximum atomic E-state index is 12.6. The number of sulfonamides is 1. The molecule has 130 valence electrons. The third-order valence-electron chi connectivity index (χ3n) is 3.98. The van der Waals surface area contributed by atoms with E-state index in [0.29, 0.717) is 23.8 Å². The first-order valence-corrected chi connectivity index (χ1v) is 10.2. The fourth-order valence-corrected chi connectivity index (χ4v) is 5.44. The lowest BCUT2D eigenvalue weighted by Gasteiger charge is -2.25. The van der Waals surface area contributed by atoms with Gasteiger partial charge in [0, 0.05) is 30.6 Å². The molecule has 1 saturated heterocycles. The van der Waals surface area contributed by atoms with Crippen LogP contribution in [-0.2, 0) is 21.2 Å². The van der Waals surface area contributed by atoms with Crippen LogP contribution in [0.1, 0.15) is 31.1 Å². The van der Waals surface area contributed by atoms with Crippen LogP contribution in [0.4, 0.5) is 0 Å². The maximum absolute atomic E-state index is 12.6. The number of piperidine rings is 1. The van der Waals surface area contributed by atoms with Gasteiger partial charge in [-0.3, -0.25) is 4.79 Å². The monoisotopic (exact) mass is 359 g/mol. The molecule has 1 aromatic rings. The van der Waals surface area contributed by atoms with Crippen LogP contribution in [0.5, 0.6) is 0 Å². The average Bonchev–Trinajstić information content (AvgIpc) is 3.02. The van der Waals surface area contributed by atoms with E-state index in [0.717, 1.165) is 24.1 Å². The zero-order valence-corrected chi connectivity index (χ0v) is 15.3. The highest BCUT2D eigenvalue weighted by Gasteiger charge is 2.27. The summed E-state index contributed by atoms with van der Waals surface area (Å²) < 4.78 is 27.0. The molecular weight excluding hydrogens is 334 g/mol. The molecule has 1 aromatic heterocycles. The van der Waals surface area contributed by atoms with Crippen molar-refractivity contribution in [2.45, 2.75) is 42.9 Å². The number of hydrogen-bond donors (Lipinski definition) is 2. The third kappa shape index (κ3) is 5.00. The molecule has 2 rings (SSSR count). The summed E-state index contributed by atoms with van der Waals surface area (Å²) in [7, 11) is -1.56. The molecule has 0 saturated carbocycles. The molecule has 1 unspecified atom stereocenters. The zero-order chi connectivity index (χ0) is 16.9. The van der Waals surface area contributed by atoms with Crippen molar-refractivity contribution in [3.63, 3.8) is 0 Å². The van der Waals surface area contributed by atoms with Crippen LogP contribution in [0.25, 0.3) is 0 Å². The SMILES string of the molecule is CNC(C)CNC(=O)Cc1ccc(S(=O)(=O)N2CCCCC2)s1. The van der Waals surface area contributed by atoms with E-state index in [1.165, 1.54) is 11.3 Å². The van der Waals surface area contributed by atoms with Crippen LogP contribution in [0.2, 0.25) is 0 Å². The Hall–Kier alpha value is -0.960. The van der Waals surface area contributed by atoms with E-state index in [2.05, 4.69) is 10.6 Å².